The summed E-state index contributed by atoms with van der Waals surface area (Å²) in [6.07, 6.45) is 0. The lowest BCUT2D eigenvalue weighted by molar-refractivity contribution is 0.417. The Hall–Kier alpha value is -2.11. The number of hydrogen-bond acceptors (Lipinski definition) is 3. The summed E-state index contributed by atoms with van der Waals surface area (Å²) < 4.78 is 32.3. The molecule has 5 heteroatoms. The molecule has 114 valence electrons. The second-order valence-corrected chi connectivity index (χ2v) is 7.29. The Morgan fingerprint density at radius 1 is 1.05 bits per heavy atom. The van der Waals surface area contributed by atoms with Gasteiger partial charge in [-0.25, -0.2) is 8.42 Å². The van der Waals surface area contributed by atoms with Crippen LogP contribution in [-0.2, 0) is 16.6 Å². The average Bonchev–Trinajstić information content (AvgIpc) is 2.89. The monoisotopic (exact) mass is 315 g/mol. The van der Waals surface area contributed by atoms with Gasteiger partial charge in [0.15, 0.2) is 0 Å². The Morgan fingerprint density at radius 3 is 2.45 bits per heavy atom. The van der Waals surface area contributed by atoms with E-state index < -0.39 is 10.0 Å². The van der Waals surface area contributed by atoms with Crippen molar-refractivity contribution in [3.63, 3.8) is 0 Å². The van der Waals surface area contributed by atoms with E-state index >= 15 is 0 Å². The molecule has 0 aliphatic heterocycles. The fraction of sp³-hybridized carbons (Fsp3) is 0.176. The fourth-order valence-corrected chi connectivity index (χ4v) is 3.79. The Bertz CT molecular complexity index is 879. The smallest absolute Gasteiger partial charge is 0.243 e. The van der Waals surface area contributed by atoms with Gasteiger partial charge in [0.2, 0.25) is 10.0 Å². The maximum absolute atomic E-state index is 12.7. The van der Waals surface area contributed by atoms with Crippen LogP contribution < -0.4 is 0 Å². The highest BCUT2D eigenvalue weighted by Crippen LogP contribution is 2.23. The summed E-state index contributed by atoms with van der Waals surface area (Å²) >= 11 is 0. The Labute approximate surface area is 130 Å². The molecule has 0 aliphatic carbocycles. The lowest BCUT2D eigenvalue weighted by Crippen LogP contribution is -2.26. The zero-order valence-corrected chi connectivity index (χ0v) is 13.3. The van der Waals surface area contributed by atoms with E-state index in [9.17, 15) is 8.42 Å². The third kappa shape index (κ3) is 2.65. The summed E-state index contributed by atoms with van der Waals surface area (Å²) in [6, 6.07) is 16.5. The molecule has 22 heavy (non-hydrogen) atoms. The highest BCUT2D eigenvalue weighted by molar-refractivity contribution is 7.89. The molecule has 0 radical (unpaired) electrons. The fourth-order valence-electron chi connectivity index (χ4n) is 2.43. The highest BCUT2D eigenvalue weighted by Gasteiger charge is 2.23. The standard InChI is InChI=1S/C17H17NO3S/c1-13-7-3-6-10-17(13)22(19,20)18(2)12-15-11-14-8-4-5-9-16(14)21-15/h3-11H,12H2,1-2H3. The van der Waals surface area contributed by atoms with Crippen LogP contribution in [0.2, 0.25) is 0 Å². The first-order chi connectivity index (χ1) is 10.5. The number of hydrogen-bond donors (Lipinski definition) is 0. The Balaban J connectivity index is 1.90. The molecule has 0 amide bonds. The molecule has 1 aromatic heterocycles. The molecule has 3 aromatic rings. The second kappa shape index (κ2) is 5.59. The van der Waals surface area contributed by atoms with Gasteiger partial charge in [0.25, 0.3) is 0 Å². The third-order valence-electron chi connectivity index (χ3n) is 3.64. The predicted octanol–water partition coefficient (Wildman–Crippen LogP) is 3.56. The quantitative estimate of drug-likeness (QED) is 0.739. The van der Waals surface area contributed by atoms with Crippen LogP contribution in [0.25, 0.3) is 11.0 Å². The third-order valence-corrected chi connectivity index (χ3v) is 5.60. The van der Waals surface area contributed by atoms with E-state index in [1.165, 1.54) is 4.31 Å². The van der Waals surface area contributed by atoms with E-state index in [0.29, 0.717) is 10.7 Å². The average molecular weight is 315 g/mol. The van der Waals surface area contributed by atoms with Crippen LogP contribution in [0.5, 0.6) is 0 Å². The van der Waals surface area contributed by atoms with Gasteiger partial charge in [-0.2, -0.15) is 4.31 Å². The van der Waals surface area contributed by atoms with Gasteiger partial charge in [0.1, 0.15) is 11.3 Å². The molecular formula is C17H17NO3S. The zero-order chi connectivity index (χ0) is 15.7. The van der Waals surface area contributed by atoms with E-state index in [2.05, 4.69) is 0 Å². The molecule has 0 unspecified atom stereocenters. The molecule has 0 saturated heterocycles. The van der Waals surface area contributed by atoms with E-state index in [1.807, 2.05) is 36.4 Å². The van der Waals surface area contributed by atoms with Crippen molar-refractivity contribution in [3.05, 3.63) is 65.9 Å². The van der Waals surface area contributed by atoms with Crippen LogP contribution in [0.1, 0.15) is 11.3 Å². The molecule has 3 rings (SSSR count). The van der Waals surface area contributed by atoms with Crippen LogP contribution in [0.3, 0.4) is 0 Å². The molecule has 0 atom stereocenters. The highest BCUT2D eigenvalue weighted by atomic mass is 32.2. The first-order valence-corrected chi connectivity index (χ1v) is 8.42. The van der Waals surface area contributed by atoms with Gasteiger partial charge < -0.3 is 4.42 Å². The summed E-state index contributed by atoms with van der Waals surface area (Å²) in [7, 11) is -1.97. The topological polar surface area (TPSA) is 50.5 Å². The van der Waals surface area contributed by atoms with Crippen molar-refractivity contribution >= 4 is 21.0 Å². The summed E-state index contributed by atoms with van der Waals surface area (Å²) in [4.78, 5) is 0.327. The largest absolute Gasteiger partial charge is 0.460 e. The first-order valence-electron chi connectivity index (χ1n) is 6.98. The molecule has 1 heterocycles. The van der Waals surface area contributed by atoms with Gasteiger partial charge in [0.05, 0.1) is 11.4 Å². The van der Waals surface area contributed by atoms with Crippen LogP contribution in [0, 0.1) is 6.92 Å². The summed E-state index contributed by atoms with van der Waals surface area (Å²) in [5, 5.41) is 0.971. The van der Waals surface area contributed by atoms with Gasteiger partial charge in [-0.15, -0.1) is 0 Å². The molecule has 0 N–H and O–H groups in total. The van der Waals surface area contributed by atoms with Crippen LogP contribution in [0.15, 0.2) is 63.9 Å². The number of rotatable bonds is 4. The molecule has 4 nitrogen and oxygen atoms in total. The first kappa shape index (κ1) is 14.8. The van der Waals surface area contributed by atoms with Gasteiger partial charge in [-0.05, 0) is 30.7 Å². The van der Waals surface area contributed by atoms with Crippen molar-refractivity contribution < 1.29 is 12.8 Å². The van der Waals surface area contributed by atoms with Gasteiger partial charge in [-0.1, -0.05) is 36.4 Å². The summed E-state index contributed by atoms with van der Waals surface area (Å²) in [5.74, 6) is 0.626. The second-order valence-electron chi connectivity index (χ2n) is 5.28. The van der Waals surface area contributed by atoms with Crippen LogP contribution in [-0.4, -0.2) is 19.8 Å². The van der Waals surface area contributed by atoms with Gasteiger partial charge in [-0.3, -0.25) is 0 Å². The van der Waals surface area contributed by atoms with Crippen molar-refractivity contribution in [1.29, 1.82) is 0 Å². The van der Waals surface area contributed by atoms with E-state index in [1.54, 1.807) is 32.2 Å². The van der Waals surface area contributed by atoms with E-state index in [4.69, 9.17) is 4.42 Å². The van der Waals surface area contributed by atoms with Crippen LogP contribution in [0.4, 0.5) is 0 Å². The lowest BCUT2D eigenvalue weighted by atomic mass is 10.2. The number of benzene rings is 2. The number of para-hydroxylation sites is 1. The molecule has 0 spiro atoms. The number of fused-ring (bicyclic) bond motifs is 1. The molecule has 0 fully saturated rings. The van der Waals surface area contributed by atoms with E-state index in [0.717, 1.165) is 16.5 Å². The van der Waals surface area contributed by atoms with Crippen LogP contribution >= 0.6 is 0 Å². The predicted molar refractivity (Wildman–Crippen MR) is 86.0 cm³/mol. The van der Waals surface area contributed by atoms with Gasteiger partial charge >= 0.3 is 0 Å². The summed E-state index contributed by atoms with van der Waals surface area (Å²) in [6.45, 7) is 1.99. The summed E-state index contributed by atoms with van der Waals surface area (Å²) in [5.41, 5.74) is 1.50. The molecule has 0 saturated carbocycles. The Kier molecular flexibility index (Phi) is 3.76. The van der Waals surface area contributed by atoms with Crippen molar-refractivity contribution in [2.75, 3.05) is 7.05 Å². The molecule has 2 aromatic carbocycles. The zero-order valence-electron chi connectivity index (χ0n) is 12.5. The normalized spacial score (nSPS) is 12.1. The number of furan rings is 1. The van der Waals surface area contributed by atoms with Crippen molar-refractivity contribution in [1.82, 2.24) is 4.31 Å². The maximum atomic E-state index is 12.7. The molecule has 0 aliphatic rings. The Morgan fingerprint density at radius 2 is 1.73 bits per heavy atom. The minimum atomic E-state index is -3.53. The number of aryl methyl sites for hydroxylation is 1. The van der Waals surface area contributed by atoms with Gasteiger partial charge in [0, 0.05) is 12.4 Å². The molecular weight excluding hydrogens is 298 g/mol. The van der Waals surface area contributed by atoms with Crippen molar-refractivity contribution in [3.8, 4) is 0 Å². The van der Waals surface area contributed by atoms with Crippen molar-refractivity contribution in [2.24, 2.45) is 0 Å². The van der Waals surface area contributed by atoms with E-state index in [-0.39, 0.29) is 6.54 Å². The number of nitrogens with zero attached hydrogens (tertiary/aromatic N) is 1. The number of sulfonamides is 1. The van der Waals surface area contributed by atoms with Crippen molar-refractivity contribution in [2.45, 2.75) is 18.4 Å². The SMILES string of the molecule is Cc1ccccc1S(=O)(=O)N(C)Cc1cc2ccccc2o1. The lowest BCUT2D eigenvalue weighted by Gasteiger charge is -2.17. The maximum Gasteiger partial charge on any atom is 0.243 e. The molecule has 0 bridgehead atoms. The minimum Gasteiger partial charge on any atom is -0.460 e. The minimum absolute atomic E-state index is 0.200.